The summed E-state index contributed by atoms with van der Waals surface area (Å²) in [5.74, 6) is -0.452. The van der Waals surface area contributed by atoms with Gasteiger partial charge in [-0.25, -0.2) is 14.1 Å². The van der Waals surface area contributed by atoms with E-state index in [9.17, 15) is 14.0 Å². The summed E-state index contributed by atoms with van der Waals surface area (Å²) in [5, 5.41) is 5.14. The van der Waals surface area contributed by atoms with Gasteiger partial charge in [-0.05, 0) is 62.6 Å². The smallest absolute Gasteiger partial charge is 0.279 e. The molecule has 0 bridgehead atoms. The van der Waals surface area contributed by atoms with Gasteiger partial charge in [0.25, 0.3) is 5.91 Å². The molecule has 0 fully saturated rings. The topological polar surface area (TPSA) is 107 Å². The Morgan fingerprint density at radius 2 is 1.88 bits per heavy atom. The number of hydrazine groups is 1. The van der Waals surface area contributed by atoms with E-state index >= 15 is 0 Å². The summed E-state index contributed by atoms with van der Waals surface area (Å²) < 4.78 is 25.4. The van der Waals surface area contributed by atoms with Gasteiger partial charge < -0.3 is 9.47 Å². The molecule has 1 aromatic carbocycles. The second-order valence-electron chi connectivity index (χ2n) is 7.38. The lowest BCUT2D eigenvalue weighted by atomic mass is 10.00. The van der Waals surface area contributed by atoms with Crippen molar-refractivity contribution < 1.29 is 23.5 Å². The predicted molar refractivity (Wildman–Crippen MR) is 116 cm³/mol. The summed E-state index contributed by atoms with van der Waals surface area (Å²) in [4.78, 5) is 29.0. The number of aryl methyl sites for hydroxylation is 3. The van der Waals surface area contributed by atoms with E-state index in [1.54, 1.807) is 18.8 Å². The molecule has 1 atom stereocenters. The fourth-order valence-corrected chi connectivity index (χ4v) is 3.41. The lowest BCUT2D eigenvalue weighted by Gasteiger charge is -2.15. The van der Waals surface area contributed by atoms with Gasteiger partial charge in [-0.1, -0.05) is 0 Å². The number of fused-ring (bicyclic) bond motifs is 1. The second kappa shape index (κ2) is 9.63. The fourth-order valence-electron chi connectivity index (χ4n) is 3.41. The van der Waals surface area contributed by atoms with Crippen molar-refractivity contribution >= 4 is 22.8 Å². The van der Waals surface area contributed by atoms with Crippen LogP contribution in [0.1, 0.15) is 30.2 Å². The average Bonchev–Trinajstić information content (AvgIpc) is 3.08. The Morgan fingerprint density at radius 3 is 2.53 bits per heavy atom. The highest BCUT2D eigenvalue weighted by molar-refractivity contribution is 5.87. The van der Waals surface area contributed by atoms with Gasteiger partial charge in [0.1, 0.15) is 11.6 Å². The van der Waals surface area contributed by atoms with Gasteiger partial charge in [-0.3, -0.25) is 20.4 Å². The molecule has 3 aromatic rings. The number of nitrogens with one attached hydrogen (secondary N) is 2. The first-order valence-electron chi connectivity index (χ1n) is 10.1. The van der Waals surface area contributed by atoms with Crippen molar-refractivity contribution in [3.8, 4) is 11.6 Å². The Hall–Kier alpha value is -3.69. The normalized spacial score (nSPS) is 11.8. The van der Waals surface area contributed by atoms with Gasteiger partial charge in [0, 0.05) is 19.2 Å². The van der Waals surface area contributed by atoms with Crippen molar-refractivity contribution in [3.63, 3.8) is 0 Å². The number of methoxy groups -OCH3 is 1. The van der Waals surface area contributed by atoms with Crippen LogP contribution >= 0.6 is 0 Å². The highest BCUT2D eigenvalue weighted by atomic mass is 19.1. The summed E-state index contributed by atoms with van der Waals surface area (Å²) >= 11 is 0. The SMILES string of the molecule is COc1nn(C)c2nc(C)c(CCC(=O)NNC(=O)C(C)Oc3ccc(F)cc3)c(C)c12. The summed E-state index contributed by atoms with van der Waals surface area (Å²) in [5.41, 5.74) is 8.14. The summed E-state index contributed by atoms with van der Waals surface area (Å²) in [6.45, 7) is 5.36. The van der Waals surface area contributed by atoms with Crippen molar-refractivity contribution in [3.05, 3.63) is 46.9 Å². The van der Waals surface area contributed by atoms with Gasteiger partial charge in [0.15, 0.2) is 11.8 Å². The molecule has 0 spiro atoms. The van der Waals surface area contributed by atoms with Gasteiger partial charge in [0.05, 0.1) is 12.5 Å². The second-order valence-corrected chi connectivity index (χ2v) is 7.38. The van der Waals surface area contributed by atoms with Crippen LogP contribution in [0.15, 0.2) is 24.3 Å². The molecule has 9 nitrogen and oxygen atoms in total. The third-order valence-corrected chi connectivity index (χ3v) is 5.14. The Labute approximate surface area is 184 Å². The van der Waals surface area contributed by atoms with E-state index in [0.717, 1.165) is 22.2 Å². The van der Waals surface area contributed by atoms with E-state index in [4.69, 9.17) is 9.47 Å². The number of carbonyl (C=O) groups is 2. The van der Waals surface area contributed by atoms with Crippen LogP contribution in [0.4, 0.5) is 4.39 Å². The van der Waals surface area contributed by atoms with Crippen molar-refractivity contribution in [2.24, 2.45) is 7.05 Å². The van der Waals surface area contributed by atoms with E-state index in [-0.39, 0.29) is 12.3 Å². The van der Waals surface area contributed by atoms with Crippen molar-refractivity contribution in [1.29, 1.82) is 0 Å². The Morgan fingerprint density at radius 1 is 1.19 bits per heavy atom. The number of benzene rings is 1. The number of nitrogens with zero attached hydrogens (tertiary/aromatic N) is 3. The van der Waals surface area contributed by atoms with E-state index in [1.165, 1.54) is 31.2 Å². The number of hydrogen-bond donors (Lipinski definition) is 2. The lowest BCUT2D eigenvalue weighted by Crippen LogP contribution is -2.47. The Balaban J connectivity index is 1.57. The zero-order valence-electron chi connectivity index (χ0n) is 18.7. The molecule has 0 radical (unpaired) electrons. The van der Waals surface area contributed by atoms with E-state index in [1.807, 2.05) is 13.8 Å². The maximum Gasteiger partial charge on any atom is 0.279 e. The number of carbonyl (C=O) groups excluding carboxylic acids is 2. The van der Waals surface area contributed by atoms with Crippen LogP contribution in [0, 0.1) is 19.7 Å². The molecule has 2 N–H and O–H groups in total. The van der Waals surface area contributed by atoms with E-state index in [0.29, 0.717) is 23.7 Å². The van der Waals surface area contributed by atoms with Gasteiger partial charge >= 0.3 is 0 Å². The molecule has 0 aliphatic carbocycles. The number of hydrogen-bond acceptors (Lipinski definition) is 6. The first-order chi connectivity index (χ1) is 15.2. The minimum atomic E-state index is -0.880. The molecular weight excluding hydrogens is 417 g/mol. The third kappa shape index (κ3) is 4.96. The standard InChI is InChI=1S/C22H26FN5O4/c1-12-17(13(2)24-20-19(12)22(31-5)27-28(20)4)10-11-18(29)25-26-21(30)14(3)32-16-8-6-15(23)7-9-16/h6-9,14H,10-11H2,1-5H3,(H,25,29)(H,26,30). The number of ether oxygens (including phenoxy) is 2. The highest BCUT2D eigenvalue weighted by Gasteiger charge is 2.19. The minimum absolute atomic E-state index is 0.144. The van der Waals surface area contributed by atoms with E-state index < -0.39 is 17.8 Å². The summed E-state index contributed by atoms with van der Waals surface area (Å²) in [6, 6.07) is 5.31. The third-order valence-electron chi connectivity index (χ3n) is 5.14. The fraction of sp³-hybridized carbons (Fsp3) is 0.364. The molecule has 0 saturated carbocycles. The summed E-state index contributed by atoms with van der Waals surface area (Å²) in [7, 11) is 3.35. The highest BCUT2D eigenvalue weighted by Crippen LogP contribution is 2.30. The lowest BCUT2D eigenvalue weighted by molar-refractivity contribution is -0.132. The number of amides is 2. The Kier molecular flexibility index (Phi) is 6.92. The molecule has 10 heteroatoms. The molecule has 32 heavy (non-hydrogen) atoms. The molecule has 1 unspecified atom stereocenters. The molecular formula is C22H26FN5O4. The molecule has 0 aliphatic rings. The van der Waals surface area contributed by atoms with Crippen LogP contribution in [0.25, 0.3) is 11.0 Å². The predicted octanol–water partition coefficient (Wildman–Crippen LogP) is 2.28. The average molecular weight is 443 g/mol. The van der Waals surface area contributed by atoms with Crippen LogP contribution in [-0.4, -0.2) is 39.8 Å². The number of rotatable bonds is 7. The molecule has 0 saturated heterocycles. The van der Waals surface area contributed by atoms with Gasteiger partial charge in [-0.15, -0.1) is 5.10 Å². The molecule has 170 valence electrons. The zero-order chi connectivity index (χ0) is 23.4. The Bertz CT molecular complexity index is 1140. The number of halogens is 1. The van der Waals surface area contributed by atoms with Gasteiger partial charge in [-0.2, -0.15) is 0 Å². The van der Waals surface area contributed by atoms with Crippen molar-refractivity contribution in [2.75, 3.05) is 7.11 Å². The first-order valence-corrected chi connectivity index (χ1v) is 10.1. The van der Waals surface area contributed by atoms with Crippen LogP contribution in [0.3, 0.4) is 0 Å². The maximum atomic E-state index is 13.0. The first kappa shape index (κ1) is 23.0. The molecule has 0 aliphatic heterocycles. The number of pyridine rings is 1. The molecule has 2 heterocycles. The van der Waals surface area contributed by atoms with Crippen LogP contribution in [-0.2, 0) is 23.1 Å². The van der Waals surface area contributed by atoms with Crippen LogP contribution < -0.4 is 20.3 Å². The summed E-state index contributed by atoms with van der Waals surface area (Å²) in [6.07, 6.45) is -0.303. The van der Waals surface area contributed by atoms with Crippen molar-refractivity contribution in [2.45, 2.75) is 39.7 Å². The maximum absolute atomic E-state index is 13.0. The zero-order valence-corrected chi connectivity index (χ0v) is 18.7. The molecule has 2 amide bonds. The quantitative estimate of drug-likeness (QED) is 0.543. The van der Waals surface area contributed by atoms with Crippen molar-refractivity contribution in [1.82, 2.24) is 25.6 Å². The monoisotopic (exact) mass is 443 g/mol. The molecule has 2 aromatic heterocycles. The minimum Gasteiger partial charge on any atom is -0.481 e. The van der Waals surface area contributed by atoms with E-state index in [2.05, 4.69) is 20.9 Å². The van der Waals surface area contributed by atoms with Gasteiger partial charge in [0.2, 0.25) is 11.8 Å². The van der Waals surface area contributed by atoms with Crippen LogP contribution in [0.2, 0.25) is 0 Å². The largest absolute Gasteiger partial charge is 0.481 e. The molecule has 3 rings (SSSR count). The number of aromatic nitrogens is 3. The van der Waals surface area contributed by atoms with Crippen LogP contribution in [0.5, 0.6) is 11.6 Å².